The molecular weight excluding hydrogens is 310 g/mol. The van der Waals surface area contributed by atoms with Gasteiger partial charge in [0.2, 0.25) is 0 Å². The fourth-order valence-electron chi connectivity index (χ4n) is 2.23. The summed E-state index contributed by atoms with van der Waals surface area (Å²) in [5.41, 5.74) is 6.78. The van der Waals surface area contributed by atoms with E-state index in [9.17, 15) is 9.90 Å². The molecule has 0 bridgehead atoms. The van der Waals surface area contributed by atoms with Crippen LogP contribution >= 0.6 is 11.3 Å². The first-order chi connectivity index (χ1) is 11.1. The van der Waals surface area contributed by atoms with Crippen LogP contribution in [0.1, 0.15) is 26.8 Å². The highest BCUT2D eigenvalue weighted by Gasteiger charge is 2.19. The Morgan fingerprint density at radius 2 is 2.09 bits per heavy atom. The first-order valence-corrected chi connectivity index (χ1v) is 7.86. The number of hydrogen-bond acceptors (Lipinski definition) is 5. The number of carbonyl (C=O) groups is 1. The molecule has 0 aliphatic heterocycles. The van der Waals surface area contributed by atoms with Crippen LogP contribution in [0.25, 0.3) is 0 Å². The van der Waals surface area contributed by atoms with Crippen molar-refractivity contribution in [3.8, 4) is 5.75 Å². The molecule has 0 saturated heterocycles. The zero-order valence-electron chi connectivity index (χ0n) is 12.1. The number of aromatic nitrogens is 1. The standard InChI is InChI=1S/C17H15N3O2S/c18-15-7-6-12(10-19-15)17(22)20-16(14-5-2-8-23-14)11-3-1-4-13(21)9-11/h1-10,16,21H,(H2,18,19)(H,20,22). The third-order valence-corrected chi connectivity index (χ3v) is 4.29. The first kappa shape index (κ1) is 15.1. The Kier molecular flexibility index (Phi) is 4.25. The normalized spacial score (nSPS) is 11.8. The van der Waals surface area contributed by atoms with Gasteiger partial charge < -0.3 is 16.2 Å². The minimum atomic E-state index is -0.341. The molecule has 1 unspecified atom stereocenters. The van der Waals surface area contributed by atoms with Crippen LogP contribution in [-0.4, -0.2) is 16.0 Å². The van der Waals surface area contributed by atoms with Crippen LogP contribution in [0.2, 0.25) is 0 Å². The van der Waals surface area contributed by atoms with Crippen molar-refractivity contribution in [1.29, 1.82) is 0 Å². The van der Waals surface area contributed by atoms with Crippen molar-refractivity contribution in [2.24, 2.45) is 0 Å². The monoisotopic (exact) mass is 325 g/mol. The number of nitrogens with two attached hydrogens (primary N) is 1. The average molecular weight is 325 g/mol. The van der Waals surface area contributed by atoms with Crippen molar-refractivity contribution in [1.82, 2.24) is 10.3 Å². The molecule has 0 aliphatic carbocycles. The summed E-state index contributed by atoms with van der Waals surface area (Å²) in [4.78, 5) is 17.4. The quantitative estimate of drug-likeness (QED) is 0.688. The van der Waals surface area contributed by atoms with Gasteiger partial charge in [0.05, 0.1) is 11.6 Å². The average Bonchev–Trinajstić information content (AvgIpc) is 3.07. The van der Waals surface area contributed by atoms with Crippen LogP contribution in [0.15, 0.2) is 60.1 Å². The molecule has 116 valence electrons. The SMILES string of the molecule is Nc1ccc(C(=O)NC(c2cccc(O)c2)c2cccs2)cn1. The summed E-state index contributed by atoms with van der Waals surface area (Å²) in [6.07, 6.45) is 1.44. The molecule has 2 aromatic heterocycles. The molecule has 4 N–H and O–H groups in total. The van der Waals surface area contributed by atoms with Crippen molar-refractivity contribution in [2.75, 3.05) is 5.73 Å². The number of phenolic OH excluding ortho intramolecular Hbond substituents is 1. The van der Waals surface area contributed by atoms with Crippen LogP contribution in [-0.2, 0) is 0 Å². The highest BCUT2D eigenvalue weighted by atomic mass is 32.1. The second-order valence-corrected chi connectivity index (χ2v) is 5.97. The second kappa shape index (κ2) is 6.50. The number of carbonyl (C=O) groups excluding carboxylic acids is 1. The van der Waals surface area contributed by atoms with E-state index < -0.39 is 0 Å². The summed E-state index contributed by atoms with van der Waals surface area (Å²) >= 11 is 1.54. The molecule has 0 fully saturated rings. The lowest BCUT2D eigenvalue weighted by molar-refractivity contribution is 0.0943. The van der Waals surface area contributed by atoms with Gasteiger partial charge in [-0.05, 0) is 41.3 Å². The number of nitrogens with one attached hydrogen (secondary N) is 1. The molecule has 0 saturated carbocycles. The fraction of sp³-hybridized carbons (Fsp3) is 0.0588. The molecule has 3 aromatic rings. The van der Waals surface area contributed by atoms with Crippen molar-refractivity contribution in [2.45, 2.75) is 6.04 Å². The molecule has 5 nitrogen and oxygen atoms in total. The van der Waals surface area contributed by atoms with E-state index in [0.717, 1.165) is 10.4 Å². The van der Waals surface area contributed by atoms with Gasteiger partial charge in [-0.1, -0.05) is 18.2 Å². The Labute approximate surface area is 137 Å². The Balaban J connectivity index is 1.90. The van der Waals surface area contributed by atoms with Crippen LogP contribution in [0.3, 0.4) is 0 Å². The smallest absolute Gasteiger partial charge is 0.253 e. The van der Waals surface area contributed by atoms with E-state index in [2.05, 4.69) is 10.3 Å². The van der Waals surface area contributed by atoms with Crippen molar-refractivity contribution in [3.63, 3.8) is 0 Å². The minimum absolute atomic E-state index is 0.160. The van der Waals surface area contributed by atoms with Gasteiger partial charge in [-0.2, -0.15) is 0 Å². The maximum absolute atomic E-state index is 12.5. The fourth-order valence-corrected chi connectivity index (χ4v) is 3.04. The van der Waals surface area contributed by atoms with Crippen molar-refractivity contribution < 1.29 is 9.90 Å². The predicted molar refractivity (Wildman–Crippen MR) is 90.4 cm³/mol. The third-order valence-electron chi connectivity index (χ3n) is 3.36. The van der Waals surface area contributed by atoms with Crippen LogP contribution < -0.4 is 11.1 Å². The number of benzene rings is 1. The topological polar surface area (TPSA) is 88.2 Å². The zero-order chi connectivity index (χ0) is 16.2. The number of thiophene rings is 1. The van der Waals surface area contributed by atoms with E-state index in [1.54, 1.807) is 30.3 Å². The van der Waals surface area contributed by atoms with Crippen LogP contribution in [0.4, 0.5) is 5.82 Å². The number of rotatable bonds is 4. The molecule has 3 rings (SSSR count). The summed E-state index contributed by atoms with van der Waals surface area (Å²) in [6, 6.07) is 13.6. The second-order valence-electron chi connectivity index (χ2n) is 4.99. The number of aromatic hydroxyl groups is 1. The van der Waals surface area contributed by atoms with Gasteiger partial charge >= 0.3 is 0 Å². The van der Waals surface area contributed by atoms with Gasteiger partial charge in [-0.25, -0.2) is 4.98 Å². The lowest BCUT2D eigenvalue weighted by Gasteiger charge is -2.18. The molecule has 0 spiro atoms. The van der Waals surface area contributed by atoms with Gasteiger partial charge in [0.1, 0.15) is 11.6 Å². The number of amides is 1. The van der Waals surface area contributed by atoms with E-state index in [-0.39, 0.29) is 17.7 Å². The highest BCUT2D eigenvalue weighted by Crippen LogP contribution is 2.28. The van der Waals surface area contributed by atoms with E-state index in [0.29, 0.717) is 11.4 Å². The number of anilines is 1. The third kappa shape index (κ3) is 3.49. The Hall–Kier alpha value is -2.86. The van der Waals surface area contributed by atoms with Gasteiger partial charge in [0.15, 0.2) is 0 Å². The zero-order valence-corrected chi connectivity index (χ0v) is 13.0. The van der Waals surface area contributed by atoms with Gasteiger partial charge in [-0.3, -0.25) is 4.79 Å². The Morgan fingerprint density at radius 1 is 1.22 bits per heavy atom. The lowest BCUT2D eigenvalue weighted by Crippen LogP contribution is -2.28. The summed E-state index contributed by atoms with van der Waals surface area (Å²) < 4.78 is 0. The number of pyridine rings is 1. The highest BCUT2D eigenvalue weighted by molar-refractivity contribution is 7.10. The molecule has 2 heterocycles. The number of nitrogen functional groups attached to an aromatic ring is 1. The summed E-state index contributed by atoms with van der Waals surface area (Å²) in [7, 11) is 0. The van der Waals surface area contributed by atoms with Crippen LogP contribution in [0.5, 0.6) is 5.75 Å². The van der Waals surface area contributed by atoms with Crippen LogP contribution in [0, 0.1) is 0 Å². The molecule has 6 heteroatoms. The van der Waals surface area contributed by atoms with Gasteiger partial charge in [0, 0.05) is 11.1 Å². The largest absolute Gasteiger partial charge is 0.508 e. The molecule has 23 heavy (non-hydrogen) atoms. The number of nitrogens with zero attached hydrogens (tertiary/aromatic N) is 1. The lowest BCUT2D eigenvalue weighted by atomic mass is 10.0. The first-order valence-electron chi connectivity index (χ1n) is 6.98. The predicted octanol–water partition coefficient (Wildman–Crippen LogP) is 2.95. The minimum Gasteiger partial charge on any atom is -0.508 e. The van der Waals surface area contributed by atoms with Gasteiger partial charge in [0.25, 0.3) is 5.91 Å². The molecule has 0 aliphatic rings. The molecule has 1 atom stereocenters. The van der Waals surface area contributed by atoms with Gasteiger partial charge in [-0.15, -0.1) is 11.3 Å². The Bertz CT molecular complexity index is 801. The summed E-state index contributed by atoms with van der Waals surface area (Å²) in [5, 5.41) is 14.6. The Morgan fingerprint density at radius 3 is 2.74 bits per heavy atom. The molecule has 1 aromatic carbocycles. The molecular formula is C17H15N3O2S. The number of phenols is 1. The van der Waals surface area contributed by atoms with E-state index in [1.807, 2.05) is 23.6 Å². The summed E-state index contributed by atoms with van der Waals surface area (Å²) in [5.74, 6) is 0.274. The summed E-state index contributed by atoms with van der Waals surface area (Å²) in [6.45, 7) is 0. The van der Waals surface area contributed by atoms with Crippen molar-refractivity contribution in [3.05, 3.63) is 76.1 Å². The number of hydrogen-bond donors (Lipinski definition) is 3. The van der Waals surface area contributed by atoms with E-state index in [1.165, 1.54) is 17.5 Å². The maximum Gasteiger partial charge on any atom is 0.253 e. The molecule has 0 radical (unpaired) electrons. The van der Waals surface area contributed by atoms with Crippen molar-refractivity contribution >= 4 is 23.1 Å². The van der Waals surface area contributed by atoms with E-state index in [4.69, 9.17) is 5.73 Å². The van der Waals surface area contributed by atoms with E-state index >= 15 is 0 Å². The maximum atomic E-state index is 12.5. The molecule has 1 amide bonds.